The second-order valence-electron chi connectivity index (χ2n) is 2.32. The molecule has 0 aliphatic carbocycles. The normalized spacial score (nSPS) is 10.4. The van der Waals surface area contributed by atoms with Crippen molar-refractivity contribution in [2.24, 2.45) is 0 Å². The van der Waals surface area contributed by atoms with Crippen LogP contribution in [0.5, 0.6) is 5.75 Å². The zero-order valence-corrected chi connectivity index (χ0v) is 6.44. The summed E-state index contributed by atoms with van der Waals surface area (Å²) in [6.45, 7) is 0. The molecule has 0 bridgehead atoms. The maximum absolute atomic E-state index is 11.0. The van der Waals surface area contributed by atoms with Crippen LogP contribution in [-0.2, 0) is 0 Å². The maximum Gasteiger partial charge on any atom is 0.347 e. The average molecular weight is 165 g/mol. The van der Waals surface area contributed by atoms with Crippen LogP contribution < -0.4 is 10.4 Å². The van der Waals surface area contributed by atoms with Crippen LogP contribution in [0.4, 0.5) is 0 Å². The fraction of sp³-hybridized carbons (Fsp3) is 0.143. The number of hydrogen-bond donors (Lipinski definition) is 1. The molecule has 1 N–H and O–H groups in total. The number of methoxy groups -OCH3 is 1. The molecule has 0 spiro atoms. The van der Waals surface area contributed by atoms with E-state index in [-0.39, 0.29) is 5.69 Å². The number of rotatable bonds is 1. The predicted molar refractivity (Wildman–Crippen MR) is 42.4 cm³/mol. The van der Waals surface area contributed by atoms with Crippen LogP contribution in [0.3, 0.4) is 0 Å². The van der Waals surface area contributed by atoms with E-state index in [9.17, 15) is 4.79 Å². The summed E-state index contributed by atoms with van der Waals surface area (Å²) >= 11 is 0. The standard InChI is InChI=1S/C7H7N3O2/c1-12-5-2-3-10-6(4-5)8-9-7(10)11/h2-4H,1H3,(H,9,11). The van der Waals surface area contributed by atoms with E-state index in [1.54, 1.807) is 25.4 Å². The first-order valence-electron chi connectivity index (χ1n) is 3.42. The van der Waals surface area contributed by atoms with Crippen LogP contribution in [0.1, 0.15) is 0 Å². The van der Waals surface area contributed by atoms with Crippen molar-refractivity contribution >= 4 is 5.65 Å². The SMILES string of the molecule is COc1ccn2c(=O)[nH]nc2c1. The number of hydrogen-bond acceptors (Lipinski definition) is 3. The molecule has 0 radical (unpaired) electrons. The molecular weight excluding hydrogens is 158 g/mol. The summed E-state index contributed by atoms with van der Waals surface area (Å²) in [5.74, 6) is 0.682. The number of nitrogens with one attached hydrogen (secondary N) is 1. The zero-order valence-electron chi connectivity index (χ0n) is 6.44. The lowest BCUT2D eigenvalue weighted by Gasteiger charge is -1.97. The van der Waals surface area contributed by atoms with Crippen LogP contribution in [0.2, 0.25) is 0 Å². The lowest BCUT2D eigenvalue weighted by molar-refractivity contribution is 0.414. The highest BCUT2D eigenvalue weighted by Crippen LogP contribution is 2.09. The Labute approximate surface area is 67.6 Å². The summed E-state index contributed by atoms with van der Waals surface area (Å²) in [6.07, 6.45) is 1.61. The molecule has 0 saturated carbocycles. The number of fused-ring (bicyclic) bond motifs is 1. The Kier molecular flexibility index (Phi) is 1.36. The molecule has 0 aromatic carbocycles. The molecule has 2 aromatic rings. The largest absolute Gasteiger partial charge is 0.497 e. The Morgan fingerprint density at radius 3 is 3.25 bits per heavy atom. The predicted octanol–water partition coefficient (Wildman–Crippen LogP) is 0.0312. The number of ether oxygens (including phenoxy) is 1. The number of aromatic nitrogens is 3. The Balaban J connectivity index is 2.77. The third-order valence-electron chi connectivity index (χ3n) is 1.63. The van der Waals surface area contributed by atoms with Gasteiger partial charge in [-0.25, -0.2) is 9.89 Å². The highest BCUT2D eigenvalue weighted by Gasteiger charge is 1.99. The van der Waals surface area contributed by atoms with Crippen molar-refractivity contribution in [2.75, 3.05) is 7.11 Å². The van der Waals surface area contributed by atoms with Crippen molar-refractivity contribution in [3.05, 3.63) is 28.8 Å². The highest BCUT2D eigenvalue weighted by molar-refractivity contribution is 5.42. The average Bonchev–Trinajstić information content (AvgIpc) is 2.47. The van der Waals surface area contributed by atoms with Gasteiger partial charge in [0, 0.05) is 12.3 Å². The third kappa shape index (κ3) is 0.868. The van der Waals surface area contributed by atoms with Gasteiger partial charge in [-0.3, -0.25) is 4.40 Å². The van der Waals surface area contributed by atoms with E-state index in [1.807, 2.05) is 0 Å². The van der Waals surface area contributed by atoms with E-state index in [4.69, 9.17) is 4.74 Å². The van der Waals surface area contributed by atoms with Gasteiger partial charge < -0.3 is 4.74 Å². The molecule has 62 valence electrons. The molecular formula is C7H7N3O2. The molecule has 0 amide bonds. The molecule has 0 aliphatic heterocycles. The molecule has 5 nitrogen and oxygen atoms in total. The second-order valence-corrected chi connectivity index (χ2v) is 2.32. The van der Waals surface area contributed by atoms with Gasteiger partial charge in [-0.1, -0.05) is 0 Å². The summed E-state index contributed by atoms with van der Waals surface area (Å²) in [5, 5.41) is 6.10. The summed E-state index contributed by atoms with van der Waals surface area (Å²) in [5.41, 5.74) is 0.312. The Hall–Kier alpha value is -1.78. The van der Waals surface area contributed by atoms with Crippen molar-refractivity contribution in [3.63, 3.8) is 0 Å². The van der Waals surface area contributed by atoms with Gasteiger partial charge in [0.1, 0.15) is 5.75 Å². The molecule has 0 saturated heterocycles. The van der Waals surface area contributed by atoms with Crippen LogP contribution >= 0.6 is 0 Å². The van der Waals surface area contributed by atoms with E-state index in [0.29, 0.717) is 11.4 Å². The molecule has 2 aromatic heterocycles. The minimum atomic E-state index is -0.243. The van der Waals surface area contributed by atoms with Crippen molar-refractivity contribution in [2.45, 2.75) is 0 Å². The summed E-state index contributed by atoms with van der Waals surface area (Å²) in [4.78, 5) is 11.0. The smallest absolute Gasteiger partial charge is 0.347 e. The molecule has 12 heavy (non-hydrogen) atoms. The number of H-pyrrole nitrogens is 1. The summed E-state index contributed by atoms with van der Waals surface area (Å²) < 4.78 is 6.37. The molecule has 5 heteroatoms. The van der Waals surface area contributed by atoms with Crippen molar-refractivity contribution in [1.29, 1.82) is 0 Å². The quantitative estimate of drug-likeness (QED) is 0.648. The second kappa shape index (κ2) is 2.37. The molecule has 0 aliphatic rings. The topological polar surface area (TPSA) is 59.4 Å². The summed E-state index contributed by atoms with van der Waals surface area (Å²) in [7, 11) is 1.57. The lowest BCUT2D eigenvalue weighted by Crippen LogP contribution is -2.08. The van der Waals surface area contributed by atoms with E-state index >= 15 is 0 Å². The van der Waals surface area contributed by atoms with Crippen LogP contribution in [0.25, 0.3) is 5.65 Å². The first kappa shape index (κ1) is 6.90. The van der Waals surface area contributed by atoms with Crippen LogP contribution in [0, 0.1) is 0 Å². The number of nitrogens with zero attached hydrogens (tertiary/aromatic N) is 2. The fourth-order valence-electron chi connectivity index (χ4n) is 1.01. The van der Waals surface area contributed by atoms with E-state index < -0.39 is 0 Å². The van der Waals surface area contributed by atoms with Gasteiger partial charge >= 0.3 is 5.69 Å². The van der Waals surface area contributed by atoms with E-state index in [1.165, 1.54) is 4.40 Å². The third-order valence-corrected chi connectivity index (χ3v) is 1.63. The number of pyridine rings is 1. The fourth-order valence-corrected chi connectivity index (χ4v) is 1.01. The van der Waals surface area contributed by atoms with Gasteiger partial charge in [-0.15, -0.1) is 0 Å². The van der Waals surface area contributed by atoms with Gasteiger partial charge in [0.25, 0.3) is 0 Å². The molecule has 0 unspecified atom stereocenters. The molecule has 2 heterocycles. The Morgan fingerprint density at radius 2 is 2.50 bits per heavy atom. The van der Waals surface area contributed by atoms with Gasteiger partial charge in [0.15, 0.2) is 5.65 Å². The summed E-state index contributed by atoms with van der Waals surface area (Å²) in [6, 6.07) is 3.38. The van der Waals surface area contributed by atoms with Crippen molar-refractivity contribution < 1.29 is 4.74 Å². The van der Waals surface area contributed by atoms with E-state index in [2.05, 4.69) is 10.2 Å². The van der Waals surface area contributed by atoms with Gasteiger partial charge in [0.05, 0.1) is 7.11 Å². The first-order valence-corrected chi connectivity index (χ1v) is 3.42. The first-order chi connectivity index (χ1) is 5.81. The van der Waals surface area contributed by atoms with Crippen LogP contribution in [0.15, 0.2) is 23.1 Å². The van der Waals surface area contributed by atoms with Crippen molar-refractivity contribution in [3.8, 4) is 5.75 Å². The van der Waals surface area contributed by atoms with Gasteiger partial charge in [0.2, 0.25) is 0 Å². The highest BCUT2D eigenvalue weighted by atomic mass is 16.5. The number of aromatic amines is 1. The van der Waals surface area contributed by atoms with E-state index in [0.717, 1.165) is 0 Å². The van der Waals surface area contributed by atoms with Gasteiger partial charge in [-0.05, 0) is 6.07 Å². The molecule has 0 fully saturated rings. The van der Waals surface area contributed by atoms with Crippen molar-refractivity contribution in [1.82, 2.24) is 14.6 Å². The van der Waals surface area contributed by atoms with Gasteiger partial charge in [-0.2, -0.15) is 5.10 Å². The molecule has 0 atom stereocenters. The minimum absolute atomic E-state index is 0.243. The zero-order chi connectivity index (χ0) is 8.55. The Bertz CT molecular complexity index is 457. The monoisotopic (exact) mass is 165 g/mol. The maximum atomic E-state index is 11.0. The Morgan fingerprint density at radius 1 is 1.67 bits per heavy atom. The lowest BCUT2D eigenvalue weighted by atomic mass is 10.4. The minimum Gasteiger partial charge on any atom is -0.497 e. The van der Waals surface area contributed by atoms with Crippen LogP contribution in [-0.4, -0.2) is 21.7 Å². The molecule has 2 rings (SSSR count).